The zero-order valence-corrected chi connectivity index (χ0v) is 19.0. The van der Waals surface area contributed by atoms with E-state index in [1.54, 1.807) is 24.4 Å². The van der Waals surface area contributed by atoms with Crippen LogP contribution < -0.4 is 4.90 Å². The van der Waals surface area contributed by atoms with Gasteiger partial charge in [-0.05, 0) is 81.9 Å². The van der Waals surface area contributed by atoms with Crippen molar-refractivity contribution in [1.29, 1.82) is 5.26 Å². The highest BCUT2D eigenvalue weighted by atomic mass is 19.1. The van der Waals surface area contributed by atoms with Crippen molar-refractivity contribution in [1.82, 2.24) is 14.8 Å². The molecule has 1 aliphatic heterocycles. The van der Waals surface area contributed by atoms with E-state index in [0.29, 0.717) is 24.6 Å². The number of likely N-dealkylation sites (N-methyl/N-ethyl adjacent to an activating group) is 1. The first-order valence-corrected chi connectivity index (χ1v) is 11.2. The Morgan fingerprint density at radius 1 is 1.31 bits per heavy atom. The van der Waals surface area contributed by atoms with Crippen LogP contribution in [0.4, 0.5) is 14.9 Å². The van der Waals surface area contributed by atoms with Gasteiger partial charge in [0.15, 0.2) is 0 Å². The molecule has 2 heterocycles. The molecule has 1 aliphatic carbocycles. The van der Waals surface area contributed by atoms with Gasteiger partial charge in [0, 0.05) is 13.1 Å². The summed E-state index contributed by atoms with van der Waals surface area (Å²) in [6.45, 7) is 3.92. The fraction of sp³-hybridized carbons (Fsp3) is 0.480. The van der Waals surface area contributed by atoms with E-state index in [2.05, 4.69) is 20.9 Å². The first-order valence-electron chi connectivity index (χ1n) is 11.2. The smallest absolute Gasteiger partial charge is 0.315 e. The van der Waals surface area contributed by atoms with E-state index in [4.69, 9.17) is 5.26 Å². The second kappa shape index (κ2) is 8.87. The number of aryl methyl sites for hydroxylation is 2. The molecule has 0 radical (unpaired) electrons. The van der Waals surface area contributed by atoms with E-state index in [1.807, 2.05) is 32.0 Å². The first-order chi connectivity index (χ1) is 15.3. The molecular weight excluding hydrogens is 405 g/mol. The summed E-state index contributed by atoms with van der Waals surface area (Å²) in [5.74, 6) is 0.317. The number of anilines is 1. The van der Waals surface area contributed by atoms with Gasteiger partial charge in [0.25, 0.3) is 0 Å². The topological polar surface area (TPSA) is 63.5 Å². The van der Waals surface area contributed by atoms with Crippen molar-refractivity contribution >= 4 is 11.7 Å². The van der Waals surface area contributed by atoms with Gasteiger partial charge in [0.2, 0.25) is 0 Å². The van der Waals surface area contributed by atoms with E-state index in [0.717, 1.165) is 49.2 Å². The van der Waals surface area contributed by atoms with Crippen LogP contribution in [0, 0.1) is 30.0 Å². The lowest BCUT2D eigenvalue weighted by molar-refractivity contribution is 0.114. The second-order valence-electron chi connectivity index (χ2n) is 9.48. The van der Waals surface area contributed by atoms with Crippen LogP contribution in [-0.2, 0) is 6.42 Å². The fourth-order valence-electron chi connectivity index (χ4n) is 4.79. The summed E-state index contributed by atoms with van der Waals surface area (Å²) in [4.78, 5) is 23.9. The predicted molar refractivity (Wildman–Crippen MR) is 122 cm³/mol. The number of amides is 2. The molecule has 0 unspecified atom stereocenters. The summed E-state index contributed by atoms with van der Waals surface area (Å²) in [5.41, 5.74) is 2.51. The van der Waals surface area contributed by atoms with Crippen LogP contribution in [0.5, 0.6) is 0 Å². The van der Waals surface area contributed by atoms with Crippen LogP contribution in [0.15, 0.2) is 36.5 Å². The van der Waals surface area contributed by atoms with Gasteiger partial charge in [-0.15, -0.1) is 0 Å². The van der Waals surface area contributed by atoms with Gasteiger partial charge in [-0.3, -0.25) is 4.90 Å². The van der Waals surface area contributed by atoms with Crippen molar-refractivity contribution in [2.75, 3.05) is 38.6 Å². The maximum atomic E-state index is 13.8. The van der Waals surface area contributed by atoms with Crippen molar-refractivity contribution in [3.05, 3.63) is 59.2 Å². The molecule has 1 saturated heterocycles. The number of nitriles is 1. The maximum Gasteiger partial charge on any atom is 0.325 e. The maximum absolute atomic E-state index is 13.8. The molecule has 32 heavy (non-hydrogen) atoms. The number of hydrogen-bond acceptors (Lipinski definition) is 4. The molecular formula is C25H30FN5O. The minimum absolute atomic E-state index is 0.00685. The molecule has 1 saturated carbocycles. The quantitative estimate of drug-likeness (QED) is 0.629. The fourth-order valence-corrected chi connectivity index (χ4v) is 4.79. The van der Waals surface area contributed by atoms with Gasteiger partial charge >= 0.3 is 6.03 Å². The zero-order valence-electron chi connectivity index (χ0n) is 19.0. The van der Waals surface area contributed by atoms with Gasteiger partial charge in [-0.25, -0.2) is 14.2 Å². The van der Waals surface area contributed by atoms with E-state index < -0.39 is 5.54 Å². The van der Waals surface area contributed by atoms with Crippen LogP contribution in [0.25, 0.3) is 0 Å². The Morgan fingerprint density at radius 3 is 2.72 bits per heavy atom. The summed E-state index contributed by atoms with van der Waals surface area (Å²) in [6.07, 6.45) is 5.39. The number of carbonyl (C=O) groups is 1. The Morgan fingerprint density at radius 2 is 2.09 bits per heavy atom. The third-order valence-electron chi connectivity index (χ3n) is 6.49. The van der Waals surface area contributed by atoms with Gasteiger partial charge in [-0.1, -0.05) is 12.1 Å². The van der Waals surface area contributed by atoms with Crippen LogP contribution in [0.3, 0.4) is 0 Å². The molecule has 2 amide bonds. The number of urea groups is 1. The number of rotatable bonds is 8. The largest absolute Gasteiger partial charge is 0.325 e. The average molecular weight is 436 g/mol. The number of hydrogen-bond donors (Lipinski definition) is 0. The Bertz CT molecular complexity index is 1040. The highest BCUT2D eigenvalue weighted by molar-refractivity contribution is 5.96. The van der Waals surface area contributed by atoms with Gasteiger partial charge < -0.3 is 9.80 Å². The molecule has 1 atom stereocenters. The number of halogens is 1. The highest BCUT2D eigenvalue weighted by Crippen LogP contribution is 2.40. The summed E-state index contributed by atoms with van der Waals surface area (Å²) >= 11 is 0. The summed E-state index contributed by atoms with van der Waals surface area (Å²) < 4.78 is 13.8. The standard InChI is InChI=1S/C25H30FN5O/c1-18-11-22(13-27)28-14-23(18)30-17-25(16-29(2)3,31(24(30)32)15-20-7-8-20)10-9-19-5-4-6-21(26)12-19/h4-6,11-12,14,20H,7-10,15-17H2,1-3H3/t25-/m0/s1. The Balaban J connectivity index is 1.68. The van der Waals surface area contributed by atoms with Crippen molar-refractivity contribution in [2.45, 2.75) is 38.1 Å². The van der Waals surface area contributed by atoms with E-state index >= 15 is 0 Å². The lowest BCUT2D eigenvalue weighted by Gasteiger charge is -2.39. The second-order valence-corrected chi connectivity index (χ2v) is 9.48. The molecule has 0 bridgehead atoms. The predicted octanol–water partition coefficient (Wildman–Crippen LogP) is 3.99. The van der Waals surface area contributed by atoms with Crippen LogP contribution >= 0.6 is 0 Å². The lowest BCUT2D eigenvalue weighted by Crippen LogP contribution is -2.54. The summed E-state index contributed by atoms with van der Waals surface area (Å²) in [6, 6.07) is 10.5. The minimum Gasteiger partial charge on any atom is -0.315 e. The molecule has 0 spiro atoms. The highest BCUT2D eigenvalue weighted by Gasteiger charge is 2.51. The first kappa shape index (κ1) is 22.2. The molecule has 4 rings (SSSR count). The van der Waals surface area contributed by atoms with Crippen LogP contribution in [0.2, 0.25) is 0 Å². The van der Waals surface area contributed by atoms with Gasteiger partial charge in [0.05, 0.1) is 24.0 Å². The van der Waals surface area contributed by atoms with Crippen molar-refractivity contribution in [3.8, 4) is 6.07 Å². The summed E-state index contributed by atoms with van der Waals surface area (Å²) in [7, 11) is 4.06. The van der Waals surface area contributed by atoms with Crippen molar-refractivity contribution in [2.24, 2.45) is 5.92 Å². The van der Waals surface area contributed by atoms with Crippen molar-refractivity contribution < 1.29 is 9.18 Å². The molecule has 2 aliphatic rings. The third-order valence-corrected chi connectivity index (χ3v) is 6.49. The lowest BCUT2D eigenvalue weighted by atomic mass is 9.89. The average Bonchev–Trinajstić information content (AvgIpc) is 3.53. The SMILES string of the molecule is Cc1cc(C#N)ncc1N1C[C@](CCc2cccc(F)c2)(CN(C)C)N(CC2CC2)C1=O. The molecule has 1 aromatic heterocycles. The Kier molecular flexibility index (Phi) is 6.16. The number of aromatic nitrogens is 1. The Labute approximate surface area is 189 Å². The molecule has 6 nitrogen and oxygen atoms in total. The minimum atomic E-state index is -0.393. The number of nitrogens with zero attached hydrogens (tertiary/aromatic N) is 5. The number of carbonyl (C=O) groups excluding carboxylic acids is 1. The van der Waals surface area contributed by atoms with Gasteiger partial charge in [0.1, 0.15) is 17.6 Å². The molecule has 1 aromatic carbocycles. The van der Waals surface area contributed by atoms with E-state index in [9.17, 15) is 9.18 Å². The zero-order chi connectivity index (χ0) is 22.9. The van der Waals surface area contributed by atoms with Gasteiger partial charge in [-0.2, -0.15) is 5.26 Å². The molecule has 7 heteroatoms. The number of benzene rings is 1. The monoisotopic (exact) mass is 435 g/mol. The summed E-state index contributed by atoms with van der Waals surface area (Å²) in [5, 5.41) is 9.16. The third kappa shape index (κ3) is 4.61. The number of pyridine rings is 1. The molecule has 0 N–H and O–H groups in total. The van der Waals surface area contributed by atoms with Crippen LogP contribution in [-0.4, -0.2) is 60.1 Å². The molecule has 168 valence electrons. The Hall–Kier alpha value is -2.98. The molecule has 2 fully saturated rings. The normalized spacial score (nSPS) is 20.8. The van der Waals surface area contributed by atoms with Crippen LogP contribution in [0.1, 0.15) is 36.1 Å². The van der Waals surface area contributed by atoms with E-state index in [1.165, 1.54) is 6.07 Å². The van der Waals surface area contributed by atoms with E-state index in [-0.39, 0.29) is 11.8 Å². The van der Waals surface area contributed by atoms with Crippen molar-refractivity contribution in [3.63, 3.8) is 0 Å². The molecule has 2 aromatic rings.